The zero-order valence-electron chi connectivity index (χ0n) is 9.22. The highest BCUT2D eigenvalue weighted by Crippen LogP contribution is 2.22. The highest BCUT2D eigenvalue weighted by molar-refractivity contribution is 5.37. The Morgan fingerprint density at radius 2 is 2.00 bits per heavy atom. The molecule has 0 N–H and O–H groups in total. The summed E-state index contributed by atoms with van der Waals surface area (Å²) < 4.78 is 0. The smallest absolute Gasteiger partial charge is 0.00184 e. The molecule has 0 aliphatic rings. The summed E-state index contributed by atoms with van der Waals surface area (Å²) in [5, 5.41) is 0. The van der Waals surface area contributed by atoms with Gasteiger partial charge >= 0.3 is 0 Å². The van der Waals surface area contributed by atoms with Gasteiger partial charge in [0.2, 0.25) is 0 Å². The molecule has 0 heteroatoms. The third kappa shape index (κ3) is 2.25. The quantitative estimate of drug-likeness (QED) is 0.627. The Bertz CT molecular complexity index is 310. The van der Waals surface area contributed by atoms with Gasteiger partial charge in [0.05, 0.1) is 0 Å². The van der Waals surface area contributed by atoms with Crippen LogP contribution in [0.4, 0.5) is 0 Å². The number of hydrogen-bond donors (Lipinski definition) is 0. The summed E-state index contributed by atoms with van der Waals surface area (Å²) in [6.45, 7) is 12.3. The lowest BCUT2D eigenvalue weighted by atomic mass is 9.92. The largest absolute Gasteiger partial charge is 0.102 e. The van der Waals surface area contributed by atoms with Crippen LogP contribution in [0, 0.1) is 6.92 Å². The van der Waals surface area contributed by atoms with Crippen LogP contribution in [0.25, 0.3) is 0 Å². The molecule has 0 saturated carbocycles. The van der Waals surface area contributed by atoms with E-state index in [1.807, 2.05) is 6.08 Å². The average molecular weight is 187 g/mol. The number of hydrogen-bond acceptors (Lipinski definition) is 0. The van der Waals surface area contributed by atoms with Crippen LogP contribution >= 0.6 is 0 Å². The fourth-order valence-electron chi connectivity index (χ4n) is 1.66. The van der Waals surface area contributed by atoms with Crippen LogP contribution in [0.5, 0.6) is 0 Å². The Labute approximate surface area is 87.7 Å². The molecule has 1 rings (SSSR count). The van der Waals surface area contributed by atoms with E-state index >= 15 is 0 Å². The fourth-order valence-corrected chi connectivity index (χ4v) is 1.66. The molecule has 14 heavy (non-hydrogen) atoms. The predicted octanol–water partition coefficient (Wildman–Crippen LogP) is 3.92. The third-order valence-electron chi connectivity index (χ3n) is 2.68. The van der Waals surface area contributed by atoms with Gasteiger partial charge in [0.15, 0.2) is 0 Å². The fraction of sp³-hybridized carbons (Fsp3) is 0.357. The molecule has 0 aliphatic heterocycles. The van der Waals surface area contributed by atoms with Gasteiger partial charge < -0.3 is 0 Å². The van der Waals surface area contributed by atoms with Crippen LogP contribution in [-0.4, -0.2) is 0 Å². The van der Waals surface area contributed by atoms with Crippen molar-refractivity contribution in [2.45, 2.75) is 32.6 Å². The highest BCUT2D eigenvalue weighted by Gasteiger charge is 2.06. The number of allylic oxidation sites excluding steroid dienone is 1. The summed E-state index contributed by atoms with van der Waals surface area (Å²) in [5.74, 6) is 0.219. The van der Waals surface area contributed by atoms with E-state index in [1.165, 1.54) is 16.7 Å². The first-order chi connectivity index (χ1) is 6.72. The molecule has 0 bridgehead atoms. The van der Waals surface area contributed by atoms with E-state index in [2.05, 4.69) is 45.5 Å². The molecule has 0 nitrogen and oxygen atoms in total. The van der Waals surface area contributed by atoms with Crippen molar-refractivity contribution < 1.29 is 0 Å². The van der Waals surface area contributed by atoms with E-state index in [0.29, 0.717) is 0 Å². The Kier molecular flexibility index (Phi) is 3.94. The van der Waals surface area contributed by atoms with Crippen molar-refractivity contribution >= 4 is 0 Å². The molecule has 0 aromatic heterocycles. The molecule has 75 valence electrons. The molecule has 0 aliphatic carbocycles. The summed E-state index contributed by atoms with van der Waals surface area (Å²) >= 11 is 0. The van der Waals surface area contributed by atoms with Gasteiger partial charge in [-0.2, -0.15) is 0 Å². The lowest BCUT2D eigenvalue weighted by Crippen LogP contribution is -1.97. The monoisotopic (exact) mass is 187 g/mol. The zero-order valence-corrected chi connectivity index (χ0v) is 9.22. The van der Waals surface area contributed by atoms with Crippen LogP contribution in [0.2, 0.25) is 0 Å². The van der Waals surface area contributed by atoms with Crippen molar-refractivity contribution in [1.82, 2.24) is 0 Å². The van der Waals surface area contributed by atoms with Crippen molar-refractivity contribution in [2.24, 2.45) is 0 Å². The van der Waals surface area contributed by atoms with Gasteiger partial charge in [-0.3, -0.25) is 0 Å². The van der Waals surface area contributed by atoms with Crippen LogP contribution in [0.1, 0.15) is 36.5 Å². The Morgan fingerprint density at radius 1 is 1.29 bits per heavy atom. The average Bonchev–Trinajstić information content (AvgIpc) is 2.27. The minimum absolute atomic E-state index is 0.219. The van der Waals surface area contributed by atoms with Crippen LogP contribution < -0.4 is 0 Å². The van der Waals surface area contributed by atoms with Gasteiger partial charge in [0.25, 0.3) is 0 Å². The second-order valence-electron chi connectivity index (χ2n) is 3.58. The first-order valence-corrected chi connectivity index (χ1v) is 5.30. The maximum Gasteiger partial charge on any atom is 0.00184 e. The Balaban J connectivity index is 3.14. The zero-order chi connectivity index (χ0) is 10.6. The summed E-state index contributed by atoms with van der Waals surface area (Å²) in [6.07, 6.45) is 4.06. The summed E-state index contributed by atoms with van der Waals surface area (Å²) in [4.78, 5) is 0. The van der Waals surface area contributed by atoms with Gasteiger partial charge in [-0.15, -0.1) is 6.58 Å². The third-order valence-corrected chi connectivity index (χ3v) is 2.68. The number of benzene rings is 1. The normalized spacial score (nSPS) is 12.5. The molecule has 1 atom stereocenters. The van der Waals surface area contributed by atoms with Crippen LogP contribution in [0.3, 0.4) is 0 Å². The van der Waals surface area contributed by atoms with Gasteiger partial charge in [-0.25, -0.2) is 0 Å². The Hall–Kier alpha value is -1.04. The van der Waals surface area contributed by atoms with Crippen molar-refractivity contribution in [2.75, 3.05) is 0 Å². The molecule has 1 aromatic carbocycles. The topological polar surface area (TPSA) is 0 Å². The van der Waals surface area contributed by atoms with Crippen LogP contribution in [-0.2, 0) is 12.8 Å². The van der Waals surface area contributed by atoms with E-state index < -0.39 is 0 Å². The second-order valence-corrected chi connectivity index (χ2v) is 3.58. The van der Waals surface area contributed by atoms with Crippen LogP contribution in [0.15, 0.2) is 30.9 Å². The molecule has 0 amide bonds. The number of aryl methyl sites for hydroxylation is 2. The molecule has 0 fully saturated rings. The number of rotatable bonds is 4. The van der Waals surface area contributed by atoms with E-state index in [4.69, 9.17) is 0 Å². The minimum Gasteiger partial charge on any atom is -0.102 e. The summed E-state index contributed by atoms with van der Waals surface area (Å²) in [6, 6.07) is 6.69. The van der Waals surface area contributed by atoms with E-state index in [9.17, 15) is 0 Å². The van der Waals surface area contributed by atoms with Gasteiger partial charge in [0.1, 0.15) is 0 Å². The van der Waals surface area contributed by atoms with E-state index in [0.717, 1.165) is 12.8 Å². The van der Waals surface area contributed by atoms with E-state index in [1.54, 1.807) is 0 Å². The molecule has 1 radical (unpaired) electrons. The SMILES string of the molecule is [CH2]C(C=C)c1cc(CC)ccc1CC. The maximum absolute atomic E-state index is 4.09. The molecule has 1 aromatic rings. The molecule has 0 heterocycles. The van der Waals surface area contributed by atoms with Crippen molar-refractivity contribution in [3.05, 3.63) is 54.5 Å². The molecular formula is C14H19. The standard InChI is InChI=1S/C14H19/c1-5-11(4)14-10-12(6-2)8-9-13(14)7-3/h5,8-11H,1,4,6-7H2,2-3H3. The van der Waals surface area contributed by atoms with Gasteiger partial charge in [0, 0.05) is 5.92 Å². The highest BCUT2D eigenvalue weighted by atomic mass is 14.1. The maximum atomic E-state index is 4.09. The summed E-state index contributed by atoms with van der Waals surface area (Å²) in [7, 11) is 0. The lowest BCUT2D eigenvalue weighted by molar-refractivity contribution is 0.989. The molecular weight excluding hydrogens is 168 g/mol. The van der Waals surface area contributed by atoms with Crippen molar-refractivity contribution in [3.63, 3.8) is 0 Å². The summed E-state index contributed by atoms with van der Waals surface area (Å²) in [5.41, 5.74) is 4.11. The minimum atomic E-state index is 0.219. The van der Waals surface area contributed by atoms with Crippen molar-refractivity contribution in [1.29, 1.82) is 0 Å². The lowest BCUT2D eigenvalue weighted by Gasteiger charge is -2.13. The van der Waals surface area contributed by atoms with Crippen molar-refractivity contribution in [3.8, 4) is 0 Å². The van der Waals surface area contributed by atoms with Gasteiger partial charge in [-0.1, -0.05) is 38.1 Å². The Morgan fingerprint density at radius 3 is 2.50 bits per heavy atom. The first-order valence-electron chi connectivity index (χ1n) is 5.30. The molecule has 1 unspecified atom stereocenters. The predicted molar refractivity (Wildman–Crippen MR) is 63.5 cm³/mol. The second kappa shape index (κ2) is 4.99. The molecule has 0 saturated heterocycles. The molecule has 0 spiro atoms. The first kappa shape index (κ1) is 11.0. The van der Waals surface area contributed by atoms with Gasteiger partial charge in [-0.05, 0) is 36.5 Å². The van der Waals surface area contributed by atoms with E-state index in [-0.39, 0.29) is 5.92 Å².